The van der Waals surface area contributed by atoms with Gasteiger partial charge >= 0.3 is 6.09 Å². The van der Waals surface area contributed by atoms with Crippen molar-refractivity contribution in [3.63, 3.8) is 0 Å². The number of benzene rings is 1. The van der Waals surface area contributed by atoms with Crippen LogP contribution in [0.15, 0.2) is 47.6 Å². The number of aldehydes is 1. The maximum atomic E-state index is 13.5. The zero-order valence-electron chi connectivity index (χ0n) is 21.4. The van der Waals surface area contributed by atoms with Crippen LogP contribution in [0.4, 0.5) is 10.6 Å². The zero-order chi connectivity index (χ0) is 26.4. The fraction of sp³-hybridized carbons (Fsp3) is 0.423. The fourth-order valence-electron chi connectivity index (χ4n) is 4.49. The zero-order valence-corrected chi connectivity index (χ0v) is 22.2. The molecule has 0 bridgehead atoms. The Morgan fingerprint density at radius 3 is 2.36 bits per heavy atom. The molecule has 4 rings (SSSR count). The number of carbonyl (C=O) groups excluding carboxylic acids is 2. The smallest absolute Gasteiger partial charge is 0.410 e. The summed E-state index contributed by atoms with van der Waals surface area (Å²) in [5.74, 6) is 0.510. The first-order valence-electron chi connectivity index (χ1n) is 11.9. The first kappa shape index (κ1) is 25.7. The van der Waals surface area contributed by atoms with Crippen molar-refractivity contribution in [1.82, 2.24) is 13.9 Å². The third kappa shape index (κ3) is 4.69. The highest BCUT2D eigenvalue weighted by Crippen LogP contribution is 2.34. The highest BCUT2D eigenvalue weighted by molar-refractivity contribution is 7.90. The predicted molar refractivity (Wildman–Crippen MR) is 138 cm³/mol. The van der Waals surface area contributed by atoms with E-state index >= 15 is 0 Å². The minimum Gasteiger partial charge on any atom is -0.444 e. The van der Waals surface area contributed by atoms with Gasteiger partial charge in [-0.2, -0.15) is 0 Å². The topological polar surface area (TPSA) is 102 Å². The molecule has 1 aromatic carbocycles. The summed E-state index contributed by atoms with van der Waals surface area (Å²) >= 11 is 0. The number of nitrogens with zero attached hydrogens (tertiary/aromatic N) is 4. The van der Waals surface area contributed by atoms with E-state index in [1.807, 2.05) is 46.4 Å². The van der Waals surface area contributed by atoms with E-state index in [-0.39, 0.29) is 28.6 Å². The van der Waals surface area contributed by atoms with E-state index in [0.29, 0.717) is 36.1 Å². The lowest BCUT2D eigenvalue weighted by Gasteiger charge is -2.44. The second-order valence-corrected chi connectivity index (χ2v) is 12.1. The van der Waals surface area contributed by atoms with Gasteiger partial charge in [0.05, 0.1) is 15.8 Å². The highest BCUT2D eigenvalue weighted by atomic mass is 32.2. The van der Waals surface area contributed by atoms with Crippen LogP contribution in [-0.4, -0.2) is 65.4 Å². The number of aryl methyl sites for hydroxylation is 1. The Morgan fingerprint density at radius 1 is 1.08 bits per heavy atom. The van der Waals surface area contributed by atoms with Crippen molar-refractivity contribution in [1.29, 1.82) is 0 Å². The minimum atomic E-state index is -3.94. The number of piperazine rings is 1. The molecule has 10 heteroatoms. The Bertz CT molecular complexity index is 1410. The molecule has 0 aliphatic carbocycles. The molecule has 1 amide bonds. The Labute approximate surface area is 211 Å². The number of pyridine rings is 1. The van der Waals surface area contributed by atoms with Crippen LogP contribution in [0, 0.1) is 6.92 Å². The van der Waals surface area contributed by atoms with Crippen molar-refractivity contribution in [3.8, 4) is 0 Å². The third-order valence-electron chi connectivity index (χ3n) is 6.28. The van der Waals surface area contributed by atoms with E-state index in [1.165, 1.54) is 6.20 Å². The number of aromatic nitrogens is 2. The first-order chi connectivity index (χ1) is 16.8. The van der Waals surface area contributed by atoms with Crippen LogP contribution < -0.4 is 4.90 Å². The third-order valence-corrected chi connectivity index (χ3v) is 7.97. The monoisotopic (exact) mass is 512 g/mol. The van der Waals surface area contributed by atoms with Crippen LogP contribution in [0.3, 0.4) is 0 Å². The van der Waals surface area contributed by atoms with Crippen molar-refractivity contribution in [2.24, 2.45) is 0 Å². The summed E-state index contributed by atoms with van der Waals surface area (Å²) in [5.41, 5.74) is 0.949. The maximum absolute atomic E-state index is 13.5. The molecule has 1 aliphatic heterocycles. The molecule has 1 fully saturated rings. The Hall–Kier alpha value is -3.40. The Morgan fingerprint density at radius 2 is 1.75 bits per heavy atom. The van der Waals surface area contributed by atoms with Crippen LogP contribution in [0.1, 0.15) is 50.5 Å². The van der Waals surface area contributed by atoms with Gasteiger partial charge in [0, 0.05) is 43.1 Å². The van der Waals surface area contributed by atoms with Crippen molar-refractivity contribution >= 4 is 39.1 Å². The van der Waals surface area contributed by atoms with Crippen LogP contribution in [0.25, 0.3) is 10.9 Å². The van der Waals surface area contributed by atoms with Crippen LogP contribution in [-0.2, 0) is 14.8 Å². The van der Waals surface area contributed by atoms with Gasteiger partial charge in [-0.05, 0) is 59.7 Å². The molecule has 1 saturated heterocycles. The van der Waals surface area contributed by atoms with E-state index in [9.17, 15) is 18.0 Å². The summed E-state index contributed by atoms with van der Waals surface area (Å²) in [5, 5.41) is 0.466. The van der Waals surface area contributed by atoms with Crippen LogP contribution >= 0.6 is 0 Å². The van der Waals surface area contributed by atoms with Gasteiger partial charge in [-0.15, -0.1) is 0 Å². The van der Waals surface area contributed by atoms with Gasteiger partial charge in [0.1, 0.15) is 11.4 Å². The summed E-state index contributed by atoms with van der Waals surface area (Å²) in [7, 11) is -3.94. The Kier molecular flexibility index (Phi) is 6.59. The summed E-state index contributed by atoms with van der Waals surface area (Å²) < 4.78 is 33.7. The summed E-state index contributed by atoms with van der Waals surface area (Å²) in [6.45, 7) is 12.1. The average Bonchev–Trinajstić information content (AvgIpc) is 3.19. The van der Waals surface area contributed by atoms with Gasteiger partial charge in [0.15, 0.2) is 6.29 Å². The normalized spacial score (nSPS) is 18.9. The van der Waals surface area contributed by atoms with E-state index < -0.39 is 15.6 Å². The molecule has 0 spiro atoms. The van der Waals surface area contributed by atoms with E-state index in [4.69, 9.17) is 4.74 Å². The second kappa shape index (κ2) is 9.24. The largest absolute Gasteiger partial charge is 0.444 e. The van der Waals surface area contributed by atoms with E-state index in [2.05, 4.69) is 4.98 Å². The lowest BCUT2D eigenvalue weighted by Crippen LogP contribution is -2.59. The lowest BCUT2D eigenvalue weighted by molar-refractivity contribution is 0.0130. The number of hydrogen-bond acceptors (Lipinski definition) is 7. The van der Waals surface area contributed by atoms with E-state index in [0.717, 1.165) is 9.54 Å². The summed E-state index contributed by atoms with van der Waals surface area (Å²) in [6.07, 6.45) is 3.17. The molecule has 192 valence electrons. The number of hydrogen-bond donors (Lipinski definition) is 0. The molecule has 3 aromatic rings. The number of ether oxygens (including phenoxy) is 1. The standard InChI is InChI=1S/C26H32N4O5S/c1-17-7-9-21(10-8-17)36(33,34)30-15-20(16-31)23-22(30)11-12-27-24(23)28-13-19(3)29(14-18(28)2)25(32)35-26(4,5)6/h7-12,15-16,18-19H,13-14H2,1-6H3/t18?,19-/m0/s1. The second-order valence-electron chi connectivity index (χ2n) is 10.3. The van der Waals surface area contributed by atoms with Gasteiger partial charge in [-0.3, -0.25) is 4.79 Å². The van der Waals surface area contributed by atoms with Gasteiger partial charge in [-0.1, -0.05) is 17.7 Å². The van der Waals surface area contributed by atoms with Crippen molar-refractivity contribution < 1.29 is 22.7 Å². The molecule has 9 nitrogen and oxygen atoms in total. The van der Waals surface area contributed by atoms with E-state index in [1.54, 1.807) is 41.4 Å². The van der Waals surface area contributed by atoms with Gasteiger partial charge in [-0.25, -0.2) is 22.2 Å². The fourth-order valence-corrected chi connectivity index (χ4v) is 5.86. The SMILES string of the molecule is Cc1ccc(S(=O)(=O)n2cc(C=O)c3c(N4C[C@H](C)N(C(=O)OC(C)(C)C)CC4C)nccc32)cc1. The summed E-state index contributed by atoms with van der Waals surface area (Å²) in [6, 6.07) is 7.84. The van der Waals surface area contributed by atoms with Gasteiger partial charge in [0.25, 0.3) is 10.0 Å². The number of carbonyl (C=O) groups is 2. The predicted octanol–water partition coefficient (Wildman–Crippen LogP) is 4.23. The molecule has 0 N–H and O–H groups in total. The molecular formula is C26H32N4O5S. The number of anilines is 1. The quantitative estimate of drug-likeness (QED) is 0.482. The molecule has 0 radical (unpaired) electrons. The van der Waals surface area contributed by atoms with Crippen molar-refractivity contribution in [3.05, 3.63) is 53.9 Å². The molecule has 36 heavy (non-hydrogen) atoms. The minimum absolute atomic E-state index is 0.133. The number of amides is 1. The highest BCUT2D eigenvalue weighted by Gasteiger charge is 2.36. The summed E-state index contributed by atoms with van der Waals surface area (Å²) in [4.78, 5) is 33.2. The number of rotatable bonds is 4. The first-order valence-corrected chi connectivity index (χ1v) is 13.3. The number of fused-ring (bicyclic) bond motifs is 1. The average molecular weight is 513 g/mol. The molecule has 1 unspecified atom stereocenters. The Balaban J connectivity index is 1.75. The molecule has 1 aliphatic rings. The van der Waals surface area contributed by atoms with Gasteiger partial charge < -0.3 is 14.5 Å². The van der Waals surface area contributed by atoms with Crippen LogP contribution in [0.2, 0.25) is 0 Å². The molecular weight excluding hydrogens is 480 g/mol. The molecule has 2 aromatic heterocycles. The molecule has 0 saturated carbocycles. The van der Waals surface area contributed by atoms with Crippen LogP contribution in [0.5, 0.6) is 0 Å². The van der Waals surface area contributed by atoms with Gasteiger partial charge in [0.2, 0.25) is 0 Å². The maximum Gasteiger partial charge on any atom is 0.410 e. The molecule has 3 heterocycles. The molecule has 2 atom stereocenters. The van der Waals surface area contributed by atoms with Crippen molar-refractivity contribution in [2.45, 2.75) is 64.1 Å². The van der Waals surface area contributed by atoms with Crippen molar-refractivity contribution in [2.75, 3.05) is 18.0 Å². The lowest BCUT2D eigenvalue weighted by atomic mass is 10.1.